The van der Waals surface area contributed by atoms with Gasteiger partial charge in [-0.25, -0.2) is 12.8 Å². The molecule has 0 fully saturated rings. The van der Waals surface area contributed by atoms with Crippen molar-refractivity contribution in [3.8, 4) is 0 Å². The van der Waals surface area contributed by atoms with Crippen LogP contribution in [0.3, 0.4) is 0 Å². The van der Waals surface area contributed by atoms with Crippen LogP contribution in [0.25, 0.3) is 12.2 Å². The minimum Gasteiger partial charge on any atom is -0.229 e. The zero-order valence-electron chi connectivity index (χ0n) is 12.8. The van der Waals surface area contributed by atoms with Crippen molar-refractivity contribution in [2.24, 2.45) is 0 Å². The Morgan fingerprint density at radius 3 is 2.57 bits per heavy atom. The molecular formula is C19H17FO2S. The molecular weight excluding hydrogens is 311 g/mol. The molecule has 2 nitrogen and oxygen atoms in total. The van der Waals surface area contributed by atoms with Crippen molar-refractivity contribution >= 4 is 22.0 Å². The molecule has 4 heteroatoms. The van der Waals surface area contributed by atoms with Gasteiger partial charge in [0.2, 0.25) is 0 Å². The van der Waals surface area contributed by atoms with Crippen LogP contribution in [0, 0.1) is 16.3 Å². The van der Waals surface area contributed by atoms with Crippen molar-refractivity contribution in [1.82, 2.24) is 0 Å². The van der Waals surface area contributed by atoms with Crippen LogP contribution in [0.2, 0.25) is 0 Å². The van der Waals surface area contributed by atoms with Gasteiger partial charge >= 0.3 is 0 Å². The van der Waals surface area contributed by atoms with E-state index in [1.807, 2.05) is 18.2 Å². The Labute approximate surface area is 134 Å². The van der Waals surface area contributed by atoms with Crippen molar-refractivity contribution in [2.75, 3.05) is 6.26 Å². The van der Waals surface area contributed by atoms with Gasteiger partial charge in [-0.3, -0.25) is 0 Å². The Hall–Kier alpha value is -1.94. The molecule has 2 aromatic carbocycles. The number of halogens is 1. The van der Waals surface area contributed by atoms with Crippen molar-refractivity contribution in [2.45, 2.75) is 24.5 Å². The molecule has 2 aliphatic carbocycles. The van der Waals surface area contributed by atoms with Crippen molar-refractivity contribution in [3.05, 3.63) is 68.2 Å². The molecule has 0 bridgehead atoms. The zero-order valence-corrected chi connectivity index (χ0v) is 13.7. The fraction of sp³-hybridized carbons (Fsp3) is 0.263. The predicted octanol–water partition coefficient (Wildman–Crippen LogP) is 1.59. The first-order chi connectivity index (χ1) is 10.9. The van der Waals surface area contributed by atoms with Gasteiger partial charge in [-0.2, -0.15) is 0 Å². The van der Waals surface area contributed by atoms with Crippen LogP contribution >= 0.6 is 0 Å². The molecule has 0 amide bonds. The lowest BCUT2D eigenvalue weighted by Crippen LogP contribution is -2.31. The van der Waals surface area contributed by atoms with E-state index < -0.39 is 9.84 Å². The molecule has 23 heavy (non-hydrogen) atoms. The third-order valence-corrected chi connectivity index (χ3v) is 6.51. The average molecular weight is 328 g/mol. The summed E-state index contributed by atoms with van der Waals surface area (Å²) >= 11 is 0. The van der Waals surface area contributed by atoms with Crippen molar-refractivity contribution in [3.63, 3.8) is 0 Å². The van der Waals surface area contributed by atoms with E-state index >= 15 is 0 Å². The highest BCUT2D eigenvalue weighted by Crippen LogP contribution is 2.21. The van der Waals surface area contributed by atoms with E-state index in [0.717, 1.165) is 38.4 Å². The van der Waals surface area contributed by atoms with Crippen LogP contribution in [-0.2, 0) is 22.7 Å². The van der Waals surface area contributed by atoms with Gasteiger partial charge in [-0.1, -0.05) is 30.4 Å². The quantitative estimate of drug-likeness (QED) is 0.797. The number of benzene rings is 2. The highest BCUT2D eigenvalue weighted by molar-refractivity contribution is 7.91. The van der Waals surface area contributed by atoms with E-state index in [1.54, 1.807) is 12.1 Å². The third-order valence-electron chi connectivity index (χ3n) is 4.94. The molecule has 0 radical (unpaired) electrons. The topological polar surface area (TPSA) is 34.1 Å². The smallest absolute Gasteiger partial charge is 0.150 e. The minimum absolute atomic E-state index is 0.247. The van der Waals surface area contributed by atoms with E-state index in [2.05, 4.69) is 6.08 Å². The van der Waals surface area contributed by atoms with Crippen LogP contribution < -0.4 is 10.4 Å². The van der Waals surface area contributed by atoms with Gasteiger partial charge in [-0.15, -0.1) is 0 Å². The fourth-order valence-electron chi connectivity index (χ4n) is 3.68. The summed E-state index contributed by atoms with van der Waals surface area (Å²) in [5.41, 5.74) is 2.25. The summed E-state index contributed by atoms with van der Waals surface area (Å²) in [6, 6.07) is 8.92. The number of hydrogen-bond acceptors (Lipinski definition) is 2. The van der Waals surface area contributed by atoms with Crippen LogP contribution in [0.4, 0.5) is 4.39 Å². The molecule has 0 aromatic heterocycles. The Morgan fingerprint density at radius 2 is 1.78 bits per heavy atom. The maximum absolute atomic E-state index is 13.6. The van der Waals surface area contributed by atoms with E-state index in [9.17, 15) is 12.8 Å². The maximum atomic E-state index is 13.6. The van der Waals surface area contributed by atoms with Crippen molar-refractivity contribution in [1.29, 1.82) is 0 Å². The summed E-state index contributed by atoms with van der Waals surface area (Å²) in [6.45, 7) is 0. The van der Waals surface area contributed by atoms with Crippen molar-refractivity contribution < 1.29 is 12.8 Å². The third kappa shape index (κ3) is 2.41. The monoisotopic (exact) mass is 328 g/mol. The SMILES string of the molecule is CS(=O)(=O)C1CC=c2ccc3c(c2C1)CC=c1ccc(F)cc1=3. The lowest BCUT2D eigenvalue weighted by atomic mass is 9.88. The molecule has 1 unspecified atom stereocenters. The van der Waals surface area contributed by atoms with Gasteiger partial charge in [0.25, 0.3) is 0 Å². The highest BCUT2D eigenvalue weighted by atomic mass is 32.2. The Bertz CT molecular complexity index is 1130. The van der Waals surface area contributed by atoms with E-state index in [-0.39, 0.29) is 11.1 Å². The molecule has 118 valence electrons. The highest BCUT2D eigenvalue weighted by Gasteiger charge is 2.25. The molecule has 0 aliphatic heterocycles. The van der Waals surface area contributed by atoms with Crippen LogP contribution in [-0.4, -0.2) is 19.9 Å². The molecule has 0 saturated heterocycles. The molecule has 0 saturated carbocycles. The predicted molar refractivity (Wildman–Crippen MR) is 89.4 cm³/mol. The van der Waals surface area contributed by atoms with Gasteiger partial charge in [0.1, 0.15) is 5.82 Å². The molecule has 1 atom stereocenters. The normalized spacial score (nSPS) is 19.0. The Morgan fingerprint density at radius 1 is 1.00 bits per heavy atom. The van der Waals surface area contributed by atoms with Crippen LogP contribution in [0.15, 0.2) is 30.3 Å². The van der Waals surface area contributed by atoms with E-state index in [4.69, 9.17) is 0 Å². The lowest BCUT2D eigenvalue weighted by Gasteiger charge is -2.22. The molecule has 0 N–H and O–H groups in total. The number of hydrogen-bond donors (Lipinski definition) is 0. The summed E-state index contributed by atoms with van der Waals surface area (Å²) in [5, 5.41) is 3.74. The fourth-order valence-corrected chi connectivity index (χ4v) is 4.59. The summed E-state index contributed by atoms with van der Waals surface area (Å²) in [6.07, 6.45) is 7.31. The van der Waals surface area contributed by atoms with Gasteiger partial charge in [0.05, 0.1) is 5.25 Å². The molecule has 2 aliphatic rings. The molecule has 0 spiro atoms. The molecule has 0 heterocycles. The van der Waals surface area contributed by atoms with Crippen LogP contribution in [0.5, 0.6) is 0 Å². The van der Waals surface area contributed by atoms with Crippen LogP contribution in [0.1, 0.15) is 17.5 Å². The van der Waals surface area contributed by atoms with E-state index in [0.29, 0.717) is 12.8 Å². The first kappa shape index (κ1) is 14.6. The number of sulfone groups is 1. The second kappa shape index (κ2) is 5.03. The summed E-state index contributed by atoms with van der Waals surface area (Å²) in [5.74, 6) is -0.247. The second-order valence-electron chi connectivity index (χ2n) is 6.39. The van der Waals surface area contributed by atoms with Gasteiger partial charge in [0, 0.05) is 6.26 Å². The zero-order chi connectivity index (χ0) is 16.2. The number of rotatable bonds is 1. The number of fused-ring (bicyclic) bond motifs is 4. The molecule has 2 aromatic rings. The summed E-state index contributed by atoms with van der Waals surface area (Å²) in [4.78, 5) is 0. The van der Waals surface area contributed by atoms with Gasteiger partial charge in [0.15, 0.2) is 9.84 Å². The second-order valence-corrected chi connectivity index (χ2v) is 8.72. The first-order valence-electron chi connectivity index (χ1n) is 7.73. The van der Waals surface area contributed by atoms with Gasteiger partial charge < -0.3 is 0 Å². The summed E-state index contributed by atoms with van der Waals surface area (Å²) < 4.78 is 37.5. The Balaban J connectivity index is 2.05. The van der Waals surface area contributed by atoms with Gasteiger partial charge in [-0.05, 0) is 63.4 Å². The minimum atomic E-state index is -3.06. The Kier molecular flexibility index (Phi) is 3.20. The van der Waals surface area contributed by atoms with E-state index in [1.165, 1.54) is 12.3 Å². The largest absolute Gasteiger partial charge is 0.229 e. The molecule has 4 rings (SSSR count). The lowest BCUT2D eigenvalue weighted by molar-refractivity contribution is 0.583. The first-order valence-corrected chi connectivity index (χ1v) is 9.69. The maximum Gasteiger partial charge on any atom is 0.150 e. The summed E-state index contributed by atoms with van der Waals surface area (Å²) in [7, 11) is -3.06. The average Bonchev–Trinajstić information content (AvgIpc) is 2.52. The standard InChI is InChI=1S/C19H17FO2S/c1-23(21,22)15-7-3-13-5-8-16-17(19(13)11-15)9-4-12-2-6-14(20)10-18(12)16/h2-6,8,10,15H,7,9,11H2,1H3.